The largest absolute Gasteiger partial charge is 0.448 e. The van der Waals surface area contributed by atoms with Gasteiger partial charge >= 0.3 is 5.97 Å². The van der Waals surface area contributed by atoms with Gasteiger partial charge in [-0.25, -0.2) is 4.79 Å². The highest BCUT2D eigenvalue weighted by Crippen LogP contribution is 2.26. The minimum absolute atomic E-state index is 0.137. The van der Waals surface area contributed by atoms with Crippen molar-refractivity contribution < 1.29 is 14.3 Å². The van der Waals surface area contributed by atoms with Crippen LogP contribution in [0.2, 0.25) is 0 Å². The van der Waals surface area contributed by atoms with Crippen LogP contribution in [0.4, 0.5) is 5.69 Å². The van der Waals surface area contributed by atoms with Crippen molar-refractivity contribution in [1.29, 1.82) is 0 Å². The van der Waals surface area contributed by atoms with E-state index in [2.05, 4.69) is 17.0 Å². The number of rotatable bonds is 4. The van der Waals surface area contributed by atoms with Gasteiger partial charge in [0, 0.05) is 36.6 Å². The number of thiophene rings is 1. The van der Waals surface area contributed by atoms with Crippen LogP contribution in [0.25, 0.3) is 10.1 Å². The SMILES string of the molecule is C[C@@H](OC(=O)c1cc2ccccc2s1)C(=O)N1CCN(c2ccccc2)CC1. The quantitative estimate of drug-likeness (QED) is 0.632. The third kappa shape index (κ3) is 3.87. The van der Waals surface area contributed by atoms with Crippen LogP contribution in [0, 0.1) is 0 Å². The summed E-state index contributed by atoms with van der Waals surface area (Å²) in [5.74, 6) is -0.577. The van der Waals surface area contributed by atoms with Crippen molar-refractivity contribution in [2.75, 3.05) is 31.1 Å². The van der Waals surface area contributed by atoms with E-state index < -0.39 is 12.1 Å². The monoisotopic (exact) mass is 394 g/mol. The van der Waals surface area contributed by atoms with E-state index in [4.69, 9.17) is 4.74 Å². The standard InChI is InChI=1S/C22H22N2O3S/c1-16(27-22(26)20-15-17-7-5-6-10-19(17)28-20)21(25)24-13-11-23(12-14-24)18-8-3-2-4-9-18/h2-10,15-16H,11-14H2,1H3/t16-/m1/s1. The topological polar surface area (TPSA) is 49.9 Å². The van der Waals surface area contributed by atoms with Gasteiger partial charge in [0.1, 0.15) is 4.88 Å². The molecule has 6 heteroatoms. The van der Waals surface area contributed by atoms with Crippen molar-refractivity contribution in [3.05, 3.63) is 65.5 Å². The lowest BCUT2D eigenvalue weighted by Gasteiger charge is -2.37. The molecule has 1 saturated heterocycles. The Morgan fingerprint density at radius 3 is 2.36 bits per heavy atom. The van der Waals surface area contributed by atoms with Crippen LogP contribution in [-0.4, -0.2) is 49.1 Å². The number of hydrogen-bond donors (Lipinski definition) is 0. The summed E-state index contributed by atoms with van der Waals surface area (Å²) in [4.78, 5) is 29.7. The van der Waals surface area contributed by atoms with E-state index >= 15 is 0 Å². The molecule has 1 amide bonds. The minimum atomic E-state index is -0.791. The van der Waals surface area contributed by atoms with Crippen molar-refractivity contribution in [3.8, 4) is 0 Å². The molecule has 0 saturated carbocycles. The molecular formula is C22H22N2O3S. The van der Waals surface area contributed by atoms with E-state index in [0.717, 1.165) is 23.2 Å². The molecule has 28 heavy (non-hydrogen) atoms. The first kappa shape index (κ1) is 18.5. The maximum Gasteiger partial charge on any atom is 0.349 e. The molecule has 1 aromatic heterocycles. The van der Waals surface area contributed by atoms with Gasteiger partial charge in [0.15, 0.2) is 6.10 Å². The van der Waals surface area contributed by atoms with Crippen molar-refractivity contribution >= 4 is 39.0 Å². The van der Waals surface area contributed by atoms with Gasteiger partial charge in [-0.05, 0) is 36.6 Å². The number of carbonyl (C=O) groups excluding carboxylic acids is 2. The molecule has 2 aromatic carbocycles. The number of carbonyl (C=O) groups is 2. The van der Waals surface area contributed by atoms with Gasteiger partial charge in [-0.1, -0.05) is 36.4 Å². The van der Waals surface area contributed by atoms with Crippen molar-refractivity contribution in [3.63, 3.8) is 0 Å². The zero-order valence-electron chi connectivity index (χ0n) is 15.7. The molecule has 0 radical (unpaired) electrons. The molecule has 1 aliphatic heterocycles. The number of nitrogens with zero attached hydrogens (tertiary/aromatic N) is 2. The molecule has 2 heterocycles. The number of fused-ring (bicyclic) bond motifs is 1. The van der Waals surface area contributed by atoms with Crippen molar-refractivity contribution in [2.45, 2.75) is 13.0 Å². The van der Waals surface area contributed by atoms with Gasteiger partial charge in [0.05, 0.1) is 0 Å². The van der Waals surface area contributed by atoms with Gasteiger partial charge in [0.2, 0.25) is 0 Å². The summed E-state index contributed by atoms with van der Waals surface area (Å²) in [6.45, 7) is 4.44. The van der Waals surface area contributed by atoms with Gasteiger partial charge < -0.3 is 14.5 Å². The van der Waals surface area contributed by atoms with E-state index in [0.29, 0.717) is 18.0 Å². The number of para-hydroxylation sites is 1. The van der Waals surface area contributed by atoms with Gasteiger partial charge in [-0.2, -0.15) is 0 Å². The fraction of sp³-hybridized carbons (Fsp3) is 0.273. The number of ether oxygens (including phenoxy) is 1. The first-order valence-electron chi connectivity index (χ1n) is 9.40. The highest BCUT2D eigenvalue weighted by atomic mass is 32.1. The normalized spacial score (nSPS) is 15.5. The Labute approximate surface area is 168 Å². The van der Waals surface area contributed by atoms with Crippen LogP contribution in [0.5, 0.6) is 0 Å². The predicted molar refractivity (Wildman–Crippen MR) is 112 cm³/mol. The van der Waals surface area contributed by atoms with E-state index in [1.54, 1.807) is 11.8 Å². The highest BCUT2D eigenvalue weighted by Gasteiger charge is 2.28. The molecule has 4 rings (SSSR count). The van der Waals surface area contributed by atoms with Crippen LogP contribution in [-0.2, 0) is 9.53 Å². The second-order valence-electron chi connectivity index (χ2n) is 6.84. The Hall–Kier alpha value is -2.86. The first-order chi connectivity index (χ1) is 13.6. The van der Waals surface area contributed by atoms with Crippen LogP contribution in [0.15, 0.2) is 60.7 Å². The fourth-order valence-electron chi connectivity index (χ4n) is 3.43. The second-order valence-corrected chi connectivity index (χ2v) is 7.93. The molecule has 3 aromatic rings. The number of hydrogen-bond acceptors (Lipinski definition) is 5. The summed E-state index contributed by atoms with van der Waals surface area (Å²) in [5, 5.41) is 1.01. The molecule has 0 unspecified atom stereocenters. The van der Waals surface area contributed by atoms with Gasteiger partial charge in [-0.15, -0.1) is 11.3 Å². The minimum Gasteiger partial charge on any atom is -0.448 e. The zero-order valence-corrected chi connectivity index (χ0v) is 16.5. The number of piperazine rings is 1. The third-order valence-electron chi connectivity index (χ3n) is 4.97. The Bertz CT molecular complexity index is 945. The maximum atomic E-state index is 12.7. The Morgan fingerprint density at radius 1 is 0.964 bits per heavy atom. The number of benzene rings is 2. The Kier molecular flexibility index (Phi) is 5.30. The van der Waals surface area contributed by atoms with Crippen LogP contribution >= 0.6 is 11.3 Å². The average Bonchev–Trinajstić information content (AvgIpc) is 3.18. The summed E-state index contributed by atoms with van der Waals surface area (Å²) in [6.07, 6.45) is -0.791. The molecule has 1 fully saturated rings. The van der Waals surface area contributed by atoms with E-state index in [9.17, 15) is 9.59 Å². The molecule has 1 aliphatic rings. The molecular weight excluding hydrogens is 372 g/mol. The summed E-state index contributed by atoms with van der Waals surface area (Å²) in [6, 6.07) is 19.8. The number of anilines is 1. The Morgan fingerprint density at radius 2 is 1.64 bits per heavy atom. The first-order valence-corrected chi connectivity index (χ1v) is 10.2. The maximum absolute atomic E-state index is 12.7. The molecule has 144 valence electrons. The lowest BCUT2D eigenvalue weighted by atomic mass is 10.2. The average molecular weight is 394 g/mol. The fourth-order valence-corrected chi connectivity index (χ4v) is 4.38. The summed E-state index contributed by atoms with van der Waals surface area (Å²) >= 11 is 1.39. The molecule has 0 bridgehead atoms. The Balaban J connectivity index is 1.34. The highest BCUT2D eigenvalue weighted by molar-refractivity contribution is 7.20. The van der Waals surface area contributed by atoms with Crippen LogP contribution in [0.1, 0.15) is 16.6 Å². The van der Waals surface area contributed by atoms with Gasteiger partial charge in [-0.3, -0.25) is 4.79 Å². The molecule has 1 atom stereocenters. The lowest BCUT2D eigenvalue weighted by Crippen LogP contribution is -2.51. The smallest absolute Gasteiger partial charge is 0.349 e. The summed E-state index contributed by atoms with van der Waals surface area (Å²) < 4.78 is 6.49. The number of esters is 1. The zero-order chi connectivity index (χ0) is 19.5. The van der Waals surface area contributed by atoms with Crippen molar-refractivity contribution in [2.24, 2.45) is 0 Å². The molecule has 5 nitrogen and oxygen atoms in total. The van der Waals surface area contributed by atoms with Gasteiger partial charge in [0.25, 0.3) is 5.91 Å². The van der Waals surface area contributed by atoms with E-state index in [-0.39, 0.29) is 5.91 Å². The summed E-state index contributed by atoms with van der Waals surface area (Å²) in [7, 11) is 0. The van der Waals surface area contributed by atoms with Crippen molar-refractivity contribution in [1.82, 2.24) is 4.90 Å². The molecule has 0 N–H and O–H groups in total. The second kappa shape index (κ2) is 8.02. The summed E-state index contributed by atoms with van der Waals surface area (Å²) in [5.41, 5.74) is 1.17. The predicted octanol–water partition coefficient (Wildman–Crippen LogP) is 3.80. The molecule has 0 spiro atoms. The van der Waals surface area contributed by atoms with Crippen LogP contribution < -0.4 is 4.90 Å². The van der Waals surface area contributed by atoms with E-state index in [1.165, 1.54) is 17.0 Å². The lowest BCUT2D eigenvalue weighted by molar-refractivity contribution is -0.140. The number of amides is 1. The van der Waals surface area contributed by atoms with E-state index in [1.807, 2.05) is 48.5 Å². The van der Waals surface area contributed by atoms with Crippen LogP contribution in [0.3, 0.4) is 0 Å². The third-order valence-corrected chi connectivity index (χ3v) is 6.07. The molecule has 0 aliphatic carbocycles.